The van der Waals surface area contributed by atoms with E-state index in [1.54, 1.807) is 13.3 Å². The van der Waals surface area contributed by atoms with Crippen molar-refractivity contribution < 1.29 is 9.53 Å². The molecule has 0 aromatic carbocycles. The van der Waals surface area contributed by atoms with Gasteiger partial charge in [0.2, 0.25) is 0 Å². The van der Waals surface area contributed by atoms with Crippen LogP contribution in [0.2, 0.25) is 0 Å². The summed E-state index contributed by atoms with van der Waals surface area (Å²) in [4.78, 5) is 25.3. The van der Waals surface area contributed by atoms with Gasteiger partial charge < -0.3 is 19.6 Å². The summed E-state index contributed by atoms with van der Waals surface area (Å²) in [6.07, 6.45) is 8.02. The molecule has 0 spiro atoms. The van der Waals surface area contributed by atoms with E-state index in [0.29, 0.717) is 24.8 Å². The molecule has 1 aliphatic carbocycles. The van der Waals surface area contributed by atoms with E-state index < -0.39 is 0 Å². The average Bonchev–Trinajstić information content (AvgIpc) is 3.33. The van der Waals surface area contributed by atoms with Crippen LogP contribution in [-0.4, -0.2) is 45.2 Å². The van der Waals surface area contributed by atoms with Crippen LogP contribution < -0.4 is 5.32 Å². The molecule has 29 heavy (non-hydrogen) atoms. The van der Waals surface area contributed by atoms with Crippen molar-refractivity contribution >= 4 is 28.0 Å². The Hall–Kier alpha value is -2.92. The summed E-state index contributed by atoms with van der Waals surface area (Å²) in [6, 6.07) is 4.34. The molecule has 0 saturated heterocycles. The molecule has 0 aliphatic heterocycles. The summed E-state index contributed by atoms with van der Waals surface area (Å²) >= 11 is 0. The Bertz CT molecular complexity index is 1050. The Morgan fingerprint density at radius 2 is 2.24 bits per heavy atom. The van der Waals surface area contributed by atoms with Crippen molar-refractivity contribution in [2.75, 3.05) is 13.7 Å². The smallest absolute Gasteiger partial charge is 0.287 e. The van der Waals surface area contributed by atoms with Crippen LogP contribution in [0.4, 0.5) is 0 Å². The fourth-order valence-corrected chi connectivity index (χ4v) is 4.42. The van der Waals surface area contributed by atoms with E-state index in [9.17, 15) is 4.79 Å². The fourth-order valence-electron chi connectivity index (χ4n) is 4.42. The van der Waals surface area contributed by atoms with Gasteiger partial charge in [-0.25, -0.2) is 9.97 Å². The minimum absolute atomic E-state index is 0.113. The molecule has 1 amide bonds. The number of aromatic amines is 1. The van der Waals surface area contributed by atoms with Crippen molar-refractivity contribution in [2.24, 2.45) is 5.92 Å². The Morgan fingerprint density at radius 3 is 2.97 bits per heavy atom. The van der Waals surface area contributed by atoms with Crippen LogP contribution in [0, 0.1) is 17.2 Å². The molecule has 8 heteroatoms. The normalized spacial score (nSPS) is 20.6. The van der Waals surface area contributed by atoms with E-state index in [1.807, 2.05) is 19.2 Å². The van der Waals surface area contributed by atoms with Crippen LogP contribution in [-0.2, 0) is 4.74 Å². The van der Waals surface area contributed by atoms with Gasteiger partial charge in [-0.15, -0.1) is 0 Å². The minimum Gasteiger partial charge on any atom is -0.383 e. The molecule has 8 nitrogen and oxygen atoms in total. The molecular formula is C21H26N6O2. The van der Waals surface area contributed by atoms with Crippen molar-refractivity contribution in [1.82, 2.24) is 24.8 Å². The van der Waals surface area contributed by atoms with Crippen LogP contribution in [0.1, 0.15) is 55.7 Å². The van der Waals surface area contributed by atoms with Gasteiger partial charge in [-0.1, -0.05) is 0 Å². The number of nitriles is 1. The quantitative estimate of drug-likeness (QED) is 0.667. The van der Waals surface area contributed by atoms with Crippen LogP contribution in [0.15, 0.2) is 18.5 Å². The van der Waals surface area contributed by atoms with E-state index in [2.05, 4.69) is 30.9 Å². The highest BCUT2D eigenvalue weighted by Crippen LogP contribution is 2.37. The third-order valence-corrected chi connectivity index (χ3v) is 5.79. The standard InChI is InChI=1S/C21H26N6O2/c1-13(12-29-2)25-21(28)20-26-17-11-24-19-16(8-10-23-19)18(17)27(20)15-5-3-14(4-6-15)7-9-22/h8,10-11,13-15H,3-7,12H2,1-2H3,(H,23,24)(H,25,28). The van der Waals surface area contributed by atoms with Gasteiger partial charge in [-0.2, -0.15) is 5.26 Å². The first kappa shape index (κ1) is 19.4. The second-order valence-electron chi connectivity index (χ2n) is 7.90. The maximum atomic E-state index is 13.1. The Morgan fingerprint density at radius 1 is 1.45 bits per heavy atom. The molecule has 1 atom stereocenters. The van der Waals surface area contributed by atoms with E-state index >= 15 is 0 Å². The van der Waals surface area contributed by atoms with E-state index in [-0.39, 0.29) is 18.0 Å². The first-order valence-corrected chi connectivity index (χ1v) is 10.1. The van der Waals surface area contributed by atoms with E-state index in [0.717, 1.165) is 47.8 Å². The molecule has 0 radical (unpaired) electrons. The average molecular weight is 394 g/mol. The van der Waals surface area contributed by atoms with Gasteiger partial charge in [0.05, 0.1) is 24.4 Å². The van der Waals surface area contributed by atoms with Crippen molar-refractivity contribution in [1.29, 1.82) is 5.26 Å². The molecule has 2 N–H and O–H groups in total. The third-order valence-electron chi connectivity index (χ3n) is 5.79. The number of fused-ring (bicyclic) bond motifs is 3. The number of rotatable bonds is 6. The maximum Gasteiger partial charge on any atom is 0.287 e. The maximum absolute atomic E-state index is 13.1. The van der Waals surface area contributed by atoms with E-state index in [4.69, 9.17) is 10.00 Å². The molecule has 1 saturated carbocycles. The van der Waals surface area contributed by atoms with Gasteiger partial charge in [-0.05, 0) is 44.6 Å². The highest BCUT2D eigenvalue weighted by Gasteiger charge is 2.29. The summed E-state index contributed by atoms with van der Waals surface area (Å²) in [7, 11) is 1.62. The molecule has 1 aliphatic rings. The first-order chi connectivity index (χ1) is 14.1. The fraction of sp³-hybridized carbons (Fsp3) is 0.524. The Balaban J connectivity index is 1.76. The second kappa shape index (κ2) is 8.21. The summed E-state index contributed by atoms with van der Waals surface area (Å²) in [5.74, 6) is 0.662. The monoisotopic (exact) mass is 394 g/mol. The Labute approximate surface area is 169 Å². The number of ether oxygens (including phenoxy) is 1. The number of hydrogen-bond donors (Lipinski definition) is 2. The van der Waals surface area contributed by atoms with Gasteiger partial charge in [0.1, 0.15) is 11.2 Å². The topological polar surface area (TPSA) is 109 Å². The summed E-state index contributed by atoms with van der Waals surface area (Å²) < 4.78 is 7.25. The van der Waals surface area contributed by atoms with Crippen LogP contribution in [0.5, 0.6) is 0 Å². The molecular weight excluding hydrogens is 368 g/mol. The number of hydrogen-bond acceptors (Lipinski definition) is 5. The molecule has 152 valence electrons. The summed E-state index contributed by atoms with van der Waals surface area (Å²) in [5.41, 5.74) is 2.46. The van der Waals surface area contributed by atoms with Gasteiger partial charge in [0, 0.05) is 37.2 Å². The van der Waals surface area contributed by atoms with Gasteiger partial charge in [-0.3, -0.25) is 4.79 Å². The number of imidazole rings is 1. The number of carbonyl (C=O) groups excluding carboxylic acids is 1. The minimum atomic E-state index is -0.200. The Kier molecular flexibility index (Phi) is 5.49. The molecule has 3 aromatic rings. The zero-order valence-corrected chi connectivity index (χ0v) is 16.8. The zero-order valence-electron chi connectivity index (χ0n) is 16.8. The lowest BCUT2D eigenvalue weighted by molar-refractivity contribution is 0.0887. The molecule has 1 unspecified atom stereocenters. The van der Waals surface area contributed by atoms with Crippen LogP contribution >= 0.6 is 0 Å². The predicted octanol–water partition coefficient (Wildman–Crippen LogP) is 3.32. The van der Waals surface area contributed by atoms with Gasteiger partial charge in [0.15, 0.2) is 5.82 Å². The number of nitrogens with one attached hydrogen (secondary N) is 2. The summed E-state index contributed by atoms with van der Waals surface area (Å²) in [5, 5.41) is 13.0. The molecule has 0 bridgehead atoms. The largest absolute Gasteiger partial charge is 0.383 e. The molecule has 4 rings (SSSR count). The van der Waals surface area contributed by atoms with Gasteiger partial charge >= 0.3 is 0 Å². The van der Waals surface area contributed by atoms with Crippen molar-refractivity contribution in [3.63, 3.8) is 0 Å². The number of carbonyl (C=O) groups is 1. The van der Waals surface area contributed by atoms with Gasteiger partial charge in [0.25, 0.3) is 5.91 Å². The number of aromatic nitrogens is 4. The number of methoxy groups -OCH3 is 1. The highest BCUT2D eigenvalue weighted by atomic mass is 16.5. The van der Waals surface area contributed by atoms with Crippen molar-refractivity contribution in [2.45, 2.75) is 51.1 Å². The lowest BCUT2D eigenvalue weighted by Crippen LogP contribution is -2.37. The van der Waals surface area contributed by atoms with Crippen LogP contribution in [0.25, 0.3) is 22.1 Å². The van der Waals surface area contributed by atoms with E-state index in [1.165, 1.54) is 0 Å². The highest BCUT2D eigenvalue weighted by molar-refractivity contribution is 6.04. The second-order valence-corrected chi connectivity index (χ2v) is 7.90. The van der Waals surface area contributed by atoms with Crippen LogP contribution in [0.3, 0.4) is 0 Å². The molecule has 1 fully saturated rings. The van der Waals surface area contributed by atoms with Crippen molar-refractivity contribution in [3.8, 4) is 6.07 Å². The number of H-pyrrole nitrogens is 1. The number of nitrogens with zero attached hydrogens (tertiary/aromatic N) is 4. The van der Waals surface area contributed by atoms with Crippen molar-refractivity contribution in [3.05, 3.63) is 24.3 Å². The summed E-state index contributed by atoms with van der Waals surface area (Å²) in [6.45, 7) is 2.35. The number of amides is 1. The predicted molar refractivity (Wildman–Crippen MR) is 109 cm³/mol. The lowest BCUT2D eigenvalue weighted by atomic mass is 9.84. The third kappa shape index (κ3) is 3.70. The molecule has 3 heterocycles. The SMILES string of the molecule is COCC(C)NC(=O)c1nc2cnc3[nH]ccc3c2n1C1CCC(CC#N)CC1. The zero-order chi connectivity index (χ0) is 20.4. The number of pyridine rings is 1. The molecule has 3 aromatic heterocycles. The first-order valence-electron chi connectivity index (χ1n) is 10.1. The lowest BCUT2D eigenvalue weighted by Gasteiger charge is -2.29.